The molecule has 15 heavy (non-hydrogen) atoms. The zero-order chi connectivity index (χ0) is 10.5. The summed E-state index contributed by atoms with van der Waals surface area (Å²) in [5.41, 5.74) is 5.82. The molecule has 2 rings (SSSR count). The second kappa shape index (κ2) is 5.14. The van der Waals surface area contributed by atoms with Crippen LogP contribution in [0.4, 0.5) is 0 Å². The Bertz CT molecular complexity index is 289. The van der Waals surface area contributed by atoms with Crippen LogP contribution in [-0.4, -0.2) is 37.2 Å². The first-order valence-electron chi connectivity index (χ1n) is 5.41. The first-order valence-corrected chi connectivity index (χ1v) is 5.41. The molecule has 3 heteroatoms. The fourth-order valence-electron chi connectivity index (χ4n) is 1.83. The van der Waals surface area contributed by atoms with Crippen LogP contribution in [0.5, 0.6) is 5.75 Å². The van der Waals surface area contributed by atoms with Crippen LogP contribution in [0.25, 0.3) is 0 Å². The van der Waals surface area contributed by atoms with Crippen molar-refractivity contribution < 1.29 is 4.74 Å². The Labute approximate surface area is 90.8 Å². The second-order valence-corrected chi connectivity index (χ2v) is 3.93. The van der Waals surface area contributed by atoms with E-state index in [-0.39, 0.29) is 0 Å². The molecule has 81 valence electrons. The van der Waals surface area contributed by atoms with Gasteiger partial charge in [0.1, 0.15) is 12.4 Å². The van der Waals surface area contributed by atoms with E-state index in [9.17, 15) is 0 Å². The maximum absolute atomic E-state index is 5.82. The van der Waals surface area contributed by atoms with E-state index in [4.69, 9.17) is 10.5 Å². The Morgan fingerprint density at radius 2 is 2.27 bits per heavy atom. The number of ether oxygens (including phenoxy) is 1. The minimum absolute atomic E-state index is 0.358. The number of rotatable bonds is 4. The van der Waals surface area contributed by atoms with Crippen LogP contribution in [0.1, 0.15) is 6.42 Å². The molecule has 0 bridgehead atoms. The largest absolute Gasteiger partial charge is 0.492 e. The molecule has 1 heterocycles. The smallest absolute Gasteiger partial charge is 0.119 e. The number of nitrogens with two attached hydrogens (primary N) is 1. The zero-order valence-corrected chi connectivity index (χ0v) is 8.86. The van der Waals surface area contributed by atoms with Crippen molar-refractivity contribution in [3.63, 3.8) is 0 Å². The quantitative estimate of drug-likeness (QED) is 0.793. The van der Waals surface area contributed by atoms with Crippen LogP contribution in [0.3, 0.4) is 0 Å². The van der Waals surface area contributed by atoms with Gasteiger partial charge >= 0.3 is 0 Å². The number of likely N-dealkylation sites (tertiary alicyclic amines) is 1. The topological polar surface area (TPSA) is 38.5 Å². The van der Waals surface area contributed by atoms with E-state index < -0.39 is 0 Å². The second-order valence-electron chi connectivity index (χ2n) is 3.93. The van der Waals surface area contributed by atoms with E-state index in [1.54, 1.807) is 0 Å². The summed E-state index contributed by atoms with van der Waals surface area (Å²) in [4.78, 5) is 2.35. The summed E-state index contributed by atoms with van der Waals surface area (Å²) in [6.07, 6.45) is 1.11. The van der Waals surface area contributed by atoms with Crippen molar-refractivity contribution in [2.75, 3.05) is 26.2 Å². The molecule has 1 saturated heterocycles. The summed E-state index contributed by atoms with van der Waals surface area (Å²) < 4.78 is 5.60. The molecular formula is C12H17N2O. The molecule has 0 spiro atoms. The Balaban J connectivity index is 1.67. The fourth-order valence-corrected chi connectivity index (χ4v) is 1.83. The molecule has 1 atom stereocenters. The molecule has 1 fully saturated rings. The predicted molar refractivity (Wildman–Crippen MR) is 59.8 cm³/mol. The van der Waals surface area contributed by atoms with E-state index in [1.165, 1.54) is 0 Å². The maximum Gasteiger partial charge on any atom is 0.119 e. The third kappa shape index (κ3) is 3.22. The van der Waals surface area contributed by atoms with Crippen molar-refractivity contribution in [3.05, 3.63) is 30.3 Å². The zero-order valence-electron chi connectivity index (χ0n) is 8.86. The van der Waals surface area contributed by atoms with Crippen LogP contribution >= 0.6 is 0 Å². The van der Waals surface area contributed by atoms with Crippen LogP contribution in [0.15, 0.2) is 24.3 Å². The lowest BCUT2D eigenvalue weighted by Gasteiger charge is -2.15. The lowest BCUT2D eigenvalue weighted by Crippen LogP contribution is -2.29. The minimum Gasteiger partial charge on any atom is -0.492 e. The summed E-state index contributed by atoms with van der Waals surface area (Å²) >= 11 is 0. The number of benzene rings is 1. The molecule has 1 aromatic rings. The molecule has 0 aromatic heterocycles. The molecule has 0 aliphatic carbocycles. The Morgan fingerprint density at radius 3 is 2.93 bits per heavy atom. The lowest BCUT2D eigenvalue weighted by atomic mass is 10.3. The summed E-state index contributed by atoms with van der Waals surface area (Å²) in [6.45, 7) is 3.81. The monoisotopic (exact) mass is 205 g/mol. The van der Waals surface area contributed by atoms with Crippen LogP contribution in [-0.2, 0) is 0 Å². The van der Waals surface area contributed by atoms with E-state index in [2.05, 4.69) is 11.0 Å². The Kier molecular flexibility index (Phi) is 3.59. The Hall–Kier alpha value is -1.06. The number of hydrogen-bond donors (Lipinski definition) is 1. The van der Waals surface area contributed by atoms with Gasteiger partial charge in [-0.25, -0.2) is 0 Å². The predicted octanol–water partition coefficient (Wildman–Crippen LogP) is 0.899. The normalized spacial score (nSPS) is 21.8. The van der Waals surface area contributed by atoms with Crippen LogP contribution in [0, 0.1) is 6.07 Å². The lowest BCUT2D eigenvalue weighted by molar-refractivity contribution is 0.236. The van der Waals surface area contributed by atoms with Gasteiger partial charge in [-0.05, 0) is 31.2 Å². The summed E-state index contributed by atoms with van der Waals surface area (Å²) in [6, 6.07) is 10.9. The summed E-state index contributed by atoms with van der Waals surface area (Å²) in [5, 5.41) is 0. The third-order valence-electron chi connectivity index (χ3n) is 2.67. The maximum atomic E-state index is 5.82. The van der Waals surface area contributed by atoms with Crippen molar-refractivity contribution in [2.24, 2.45) is 5.73 Å². The summed E-state index contributed by atoms with van der Waals surface area (Å²) in [5.74, 6) is 0.914. The minimum atomic E-state index is 0.358. The van der Waals surface area contributed by atoms with Gasteiger partial charge < -0.3 is 10.5 Å². The van der Waals surface area contributed by atoms with Gasteiger partial charge in [-0.3, -0.25) is 4.90 Å². The highest BCUT2D eigenvalue weighted by Gasteiger charge is 2.18. The molecule has 2 N–H and O–H groups in total. The van der Waals surface area contributed by atoms with Crippen LogP contribution in [0.2, 0.25) is 0 Å². The van der Waals surface area contributed by atoms with Gasteiger partial charge in [-0.2, -0.15) is 0 Å². The van der Waals surface area contributed by atoms with Crippen LogP contribution < -0.4 is 10.5 Å². The summed E-state index contributed by atoms with van der Waals surface area (Å²) in [7, 11) is 0. The average Bonchev–Trinajstić information content (AvgIpc) is 2.66. The van der Waals surface area contributed by atoms with Gasteiger partial charge in [0.25, 0.3) is 0 Å². The van der Waals surface area contributed by atoms with Crippen molar-refractivity contribution in [1.82, 2.24) is 4.90 Å². The van der Waals surface area contributed by atoms with Crippen molar-refractivity contribution >= 4 is 0 Å². The van der Waals surface area contributed by atoms with E-state index in [0.717, 1.165) is 38.4 Å². The highest BCUT2D eigenvalue weighted by molar-refractivity contribution is 5.20. The van der Waals surface area contributed by atoms with Gasteiger partial charge in [0.15, 0.2) is 0 Å². The highest BCUT2D eigenvalue weighted by atomic mass is 16.5. The molecule has 1 aliphatic rings. The average molecular weight is 205 g/mol. The third-order valence-corrected chi connectivity index (χ3v) is 2.67. The first-order chi connectivity index (χ1) is 7.34. The number of hydrogen-bond acceptors (Lipinski definition) is 3. The first kappa shape index (κ1) is 10.5. The SMILES string of the molecule is NC1CCN(CCOc2cc[c]cc2)C1. The number of nitrogens with zero attached hydrogens (tertiary/aromatic N) is 1. The molecule has 0 saturated carbocycles. The van der Waals surface area contributed by atoms with E-state index in [1.807, 2.05) is 24.3 Å². The van der Waals surface area contributed by atoms with Gasteiger partial charge in [-0.15, -0.1) is 0 Å². The fraction of sp³-hybridized carbons (Fsp3) is 0.500. The molecule has 1 aliphatic heterocycles. The molecule has 0 amide bonds. The van der Waals surface area contributed by atoms with E-state index >= 15 is 0 Å². The van der Waals surface area contributed by atoms with Gasteiger partial charge in [0, 0.05) is 19.1 Å². The molecule has 3 nitrogen and oxygen atoms in total. The van der Waals surface area contributed by atoms with Gasteiger partial charge in [-0.1, -0.05) is 12.1 Å². The molecule has 1 radical (unpaired) electrons. The Morgan fingerprint density at radius 1 is 1.47 bits per heavy atom. The van der Waals surface area contributed by atoms with Crippen molar-refractivity contribution in [3.8, 4) is 5.75 Å². The highest BCUT2D eigenvalue weighted by Crippen LogP contribution is 2.09. The van der Waals surface area contributed by atoms with Gasteiger partial charge in [0.05, 0.1) is 0 Å². The molecule has 1 unspecified atom stereocenters. The van der Waals surface area contributed by atoms with Crippen molar-refractivity contribution in [2.45, 2.75) is 12.5 Å². The van der Waals surface area contributed by atoms with Crippen molar-refractivity contribution in [1.29, 1.82) is 0 Å². The van der Waals surface area contributed by atoms with Gasteiger partial charge in [0.2, 0.25) is 0 Å². The standard InChI is InChI=1S/C12H17N2O/c13-11-6-7-14(10-11)8-9-15-12-4-2-1-3-5-12/h2-5,11H,6-10,13H2. The molecular weight excluding hydrogens is 188 g/mol. The molecule has 1 aromatic carbocycles. The van der Waals surface area contributed by atoms with E-state index in [0.29, 0.717) is 6.04 Å².